The normalized spacial score (nSPS) is 12.7. The lowest BCUT2D eigenvalue weighted by molar-refractivity contribution is 0.777. The Bertz CT molecular complexity index is 409. The van der Waals surface area contributed by atoms with Gasteiger partial charge < -0.3 is 5.73 Å². The van der Waals surface area contributed by atoms with Gasteiger partial charge in [0, 0.05) is 12.2 Å². The van der Waals surface area contributed by atoms with E-state index in [9.17, 15) is 0 Å². The van der Waals surface area contributed by atoms with Gasteiger partial charge in [-0.2, -0.15) is 0 Å². The summed E-state index contributed by atoms with van der Waals surface area (Å²) in [6.07, 6.45) is 1.75. The molecule has 0 saturated carbocycles. The van der Waals surface area contributed by atoms with Gasteiger partial charge in [-0.1, -0.05) is 6.07 Å². The molecule has 0 radical (unpaired) electrons. The van der Waals surface area contributed by atoms with Crippen LogP contribution in [0.15, 0.2) is 29.8 Å². The first-order chi connectivity index (χ1) is 6.77. The van der Waals surface area contributed by atoms with E-state index in [0.29, 0.717) is 0 Å². The van der Waals surface area contributed by atoms with Crippen molar-refractivity contribution in [3.05, 3.63) is 35.5 Å². The lowest BCUT2D eigenvalue weighted by Gasteiger charge is -2.04. The lowest BCUT2D eigenvalue weighted by Crippen LogP contribution is -2.07. The molecule has 4 heteroatoms. The van der Waals surface area contributed by atoms with Crippen molar-refractivity contribution in [2.24, 2.45) is 5.73 Å². The van der Waals surface area contributed by atoms with Crippen LogP contribution in [0.3, 0.4) is 0 Å². The highest BCUT2D eigenvalue weighted by molar-refractivity contribution is 7.13. The molecule has 0 spiro atoms. The van der Waals surface area contributed by atoms with Crippen molar-refractivity contribution in [3.63, 3.8) is 0 Å². The van der Waals surface area contributed by atoms with Crippen molar-refractivity contribution in [1.82, 2.24) is 9.97 Å². The van der Waals surface area contributed by atoms with Crippen LogP contribution in [0.4, 0.5) is 0 Å². The first kappa shape index (κ1) is 9.30. The number of nitrogens with zero attached hydrogens (tertiary/aromatic N) is 2. The summed E-state index contributed by atoms with van der Waals surface area (Å²) in [5.41, 5.74) is 6.63. The molecule has 2 heterocycles. The van der Waals surface area contributed by atoms with E-state index in [2.05, 4.69) is 9.97 Å². The van der Waals surface area contributed by atoms with Crippen LogP contribution in [-0.2, 0) is 0 Å². The number of aromatic nitrogens is 2. The van der Waals surface area contributed by atoms with Crippen molar-refractivity contribution in [2.75, 3.05) is 0 Å². The standard InChI is InChI=1S/C10H11N3S/c1-7(11)8-4-5-12-10(13-8)9-3-2-6-14-9/h2-7H,11H2,1H3. The van der Waals surface area contributed by atoms with E-state index >= 15 is 0 Å². The van der Waals surface area contributed by atoms with Gasteiger partial charge in [-0.05, 0) is 24.4 Å². The molecule has 0 aliphatic carbocycles. The minimum absolute atomic E-state index is 0.0447. The molecule has 0 aliphatic rings. The minimum atomic E-state index is -0.0447. The van der Waals surface area contributed by atoms with Gasteiger partial charge >= 0.3 is 0 Å². The molecule has 0 amide bonds. The van der Waals surface area contributed by atoms with Gasteiger partial charge in [-0.3, -0.25) is 0 Å². The molecule has 1 unspecified atom stereocenters. The van der Waals surface area contributed by atoms with Crippen LogP contribution in [0.1, 0.15) is 18.7 Å². The monoisotopic (exact) mass is 205 g/mol. The molecule has 0 saturated heterocycles. The minimum Gasteiger partial charge on any atom is -0.323 e. The van der Waals surface area contributed by atoms with Gasteiger partial charge in [0.15, 0.2) is 5.82 Å². The smallest absolute Gasteiger partial charge is 0.169 e. The maximum absolute atomic E-state index is 5.75. The highest BCUT2D eigenvalue weighted by Gasteiger charge is 2.05. The lowest BCUT2D eigenvalue weighted by atomic mass is 10.2. The Kier molecular flexibility index (Phi) is 2.56. The Morgan fingerprint density at radius 3 is 2.93 bits per heavy atom. The summed E-state index contributed by atoms with van der Waals surface area (Å²) in [5, 5.41) is 2.01. The predicted molar refractivity (Wildman–Crippen MR) is 57.9 cm³/mol. The van der Waals surface area contributed by atoms with Crippen LogP contribution >= 0.6 is 11.3 Å². The van der Waals surface area contributed by atoms with E-state index < -0.39 is 0 Å². The summed E-state index contributed by atoms with van der Waals surface area (Å²) in [5.74, 6) is 0.759. The summed E-state index contributed by atoms with van der Waals surface area (Å²) in [4.78, 5) is 9.67. The molecule has 2 rings (SSSR count). The first-order valence-corrected chi connectivity index (χ1v) is 5.28. The Balaban J connectivity index is 2.41. The van der Waals surface area contributed by atoms with E-state index in [1.807, 2.05) is 30.5 Å². The Labute approximate surface area is 86.6 Å². The molecule has 3 nitrogen and oxygen atoms in total. The molecular formula is C10H11N3S. The number of thiophene rings is 1. The summed E-state index contributed by atoms with van der Waals surface area (Å²) in [7, 11) is 0. The first-order valence-electron chi connectivity index (χ1n) is 4.40. The second-order valence-electron chi connectivity index (χ2n) is 3.07. The molecule has 0 fully saturated rings. The van der Waals surface area contributed by atoms with Crippen LogP contribution in [0.2, 0.25) is 0 Å². The SMILES string of the molecule is CC(N)c1ccnc(-c2cccs2)n1. The van der Waals surface area contributed by atoms with Crippen LogP contribution in [0, 0.1) is 0 Å². The topological polar surface area (TPSA) is 51.8 Å². The zero-order chi connectivity index (χ0) is 9.97. The fraction of sp³-hybridized carbons (Fsp3) is 0.200. The van der Waals surface area contributed by atoms with Gasteiger partial charge in [-0.15, -0.1) is 11.3 Å². The van der Waals surface area contributed by atoms with E-state index in [0.717, 1.165) is 16.4 Å². The van der Waals surface area contributed by atoms with E-state index in [-0.39, 0.29) is 6.04 Å². The molecule has 0 aliphatic heterocycles. The molecule has 2 aromatic rings. The van der Waals surface area contributed by atoms with Gasteiger partial charge in [-0.25, -0.2) is 9.97 Å². The van der Waals surface area contributed by atoms with Crippen LogP contribution in [0.5, 0.6) is 0 Å². The maximum atomic E-state index is 5.75. The average Bonchev–Trinajstić information content (AvgIpc) is 2.71. The summed E-state index contributed by atoms with van der Waals surface area (Å²) < 4.78 is 0. The van der Waals surface area contributed by atoms with Crippen molar-refractivity contribution in [1.29, 1.82) is 0 Å². The molecule has 1 atom stereocenters. The predicted octanol–water partition coefficient (Wildman–Crippen LogP) is 2.22. The van der Waals surface area contributed by atoms with Crippen LogP contribution in [-0.4, -0.2) is 9.97 Å². The van der Waals surface area contributed by atoms with E-state index in [1.165, 1.54) is 0 Å². The fourth-order valence-corrected chi connectivity index (χ4v) is 1.82. The Hall–Kier alpha value is -1.26. The van der Waals surface area contributed by atoms with Crippen molar-refractivity contribution < 1.29 is 0 Å². The molecule has 2 N–H and O–H groups in total. The molecule has 0 bridgehead atoms. The number of hydrogen-bond acceptors (Lipinski definition) is 4. The van der Waals surface area contributed by atoms with E-state index in [4.69, 9.17) is 5.73 Å². The Morgan fingerprint density at radius 2 is 2.29 bits per heavy atom. The quantitative estimate of drug-likeness (QED) is 0.818. The zero-order valence-electron chi connectivity index (χ0n) is 7.84. The molecule has 0 aromatic carbocycles. The van der Waals surface area contributed by atoms with Crippen LogP contribution < -0.4 is 5.73 Å². The molecule has 14 heavy (non-hydrogen) atoms. The second kappa shape index (κ2) is 3.86. The zero-order valence-corrected chi connectivity index (χ0v) is 8.66. The van der Waals surface area contributed by atoms with Gasteiger partial charge in [0.25, 0.3) is 0 Å². The third-order valence-electron chi connectivity index (χ3n) is 1.89. The Morgan fingerprint density at radius 1 is 1.43 bits per heavy atom. The molecule has 72 valence electrons. The second-order valence-corrected chi connectivity index (χ2v) is 4.02. The van der Waals surface area contributed by atoms with Crippen molar-refractivity contribution >= 4 is 11.3 Å². The van der Waals surface area contributed by atoms with Gasteiger partial charge in [0.05, 0.1) is 10.6 Å². The molecular weight excluding hydrogens is 194 g/mol. The number of hydrogen-bond donors (Lipinski definition) is 1. The summed E-state index contributed by atoms with van der Waals surface area (Å²) >= 11 is 1.63. The third kappa shape index (κ3) is 1.81. The van der Waals surface area contributed by atoms with Crippen LogP contribution in [0.25, 0.3) is 10.7 Å². The number of rotatable bonds is 2. The third-order valence-corrected chi connectivity index (χ3v) is 2.75. The fourth-order valence-electron chi connectivity index (χ4n) is 1.15. The van der Waals surface area contributed by atoms with Crippen molar-refractivity contribution in [2.45, 2.75) is 13.0 Å². The van der Waals surface area contributed by atoms with Gasteiger partial charge in [0.1, 0.15) is 0 Å². The number of nitrogens with two attached hydrogens (primary N) is 1. The largest absolute Gasteiger partial charge is 0.323 e. The van der Waals surface area contributed by atoms with E-state index in [1.54, 1.807) is 17.5 Å². The highest BCUT2D eigenvalue weighted by atomic mass is 32.1. The maximum Gasteiger partial charge on any atom is 0.169 e. The van der Waals surface area contributed by atoms with Gasteiger partial charge in [0.2, 0.25) is 0 Å². The summed E-state index contributed by atoms with van der Waals surface area (Å²) in [6, 6.07) is 5.80. The highest BCUT2D eigenvalue weighted by Crippen LogP contribution is 2.21. The summed E-state index contributed by atoms with van der Waals surface area (Å²) in [6.45, 7) is 1.92. The molecule has 2 aromatic heterocycles. The average molecular weight is 205 g/mol. The van der Waals surface area contributed by atoms with Crippen molar-refractivity contribution in [3.8, 4) is 10.7 Å².